The Morgan fingerprint density at radius 3 is 2.23 bits per heavy atom. The van der Waals surface area contributed by atoms with Gasteiger partial charge in [-0.05, 0) is 66.4 Å². The van der Waals surface area contributed by atoms with Crippen LogP contribution < -0.4 is 5.32 Å². The molecule has 0 atom stereocenters. The van der Waals surface area contributed by atoms with Crippen LogP contribution in [0.2, 0.25) is 10.0 Å². The Morgan fingerprint density at radius 2 is 1.55 bits per heavy atom. The van der Waals surface area contributed by atoms with E-state index in [4.69, 9.17) is 23.2 Å². The van der Waals surface area contributed by atoms with Crippen LogP contribution in [-0.2, 0) is 16.1 Å². The molecule has 0 saturated heterocycles. The second-order valence-electron chi connectivity index (χ2n) is 7.47. The number of rotatable bonds is 5. The topological polar surface area (TPSA) is 49.4 Å². The Hall–Kier alpha value is -3.08. The van der Waals surface area contributed by atoms with Crippen molar-refractivity contribution in [2.24, 2.45) is 0 Å². The third kappa shape index (κ3) is 4.22. The first-order valence-corrected chi connectivity index (χ1v) is 10.5. The molecule has 3 aromatic carbocycles. The Kier molecular flexibility index (Phi) is 5.86. The van der Waals surface area contributed by atoms with E-state index in [0.29, 0.717) is 26.7 Å². The smallest absolute Gasteiger partial charge is 0.278 e. The van der Waals surface area contributed by atoms with Crippen molar-refractivity contribution in [3.05, 3.63) is 105 Å². The van der Waals surface area contributed by atoms with Crippen molar-refractivity contribution in [1.29, 1.82) is 0 Å². The van der Waals surface area contributed by atoms with Crippen molar-refractivity contribution in [1.82, 2.24) is 4.90 Å². The van der Waals surface area contributed by atoms with Gasteiger partial charge >= 0.3 is 0 Å². The van der Waals surface area contributed by atoms with E-state index in [0.717, 1.165) is 16.8 Å². The average molecular weight is 451 g/mol. The molecule has 31 heavy (non-hydrogen) atoms. The molecule has 156 valence electrons. The molecule has 4 nitrogen and oxygen atoms in total. The van der Waals surface area contributed by atoms with E-state index in [1.54, 1.807) is 36.4 Å². The summed E-state index contributed by atoms with van der Waals surface area (Å²) < 4.78 is 0. The predicted molar refractivity (Wildman–Crippen MR) is 125 cm³/mol. The van der Waals surface area contributed by atoms with Gasteiger partial charge in [0, 0.05) is 15.7 Å². The van der Waals surface area contributed by atoms with Crippen molar-refractivity contribution < 1.29 is 9.59 Å². The van der Waals surface area contributed by atoms with E-state index < -0.39 is 5.91 Å². The fraction of sp³-hybridized carbons (Fsp3) is 0.120. The molecule has 0 aliphatic carbocycles. The predicted octanol–water partition coefficient (Wildman–Crippen LogP) is 6.00. The highest BCUT2D eigenvalue weighted by Gasteiger charge is 2.39. The molecule has 1 heterocycles. The van der Waals surface area contributed by atoms with Gasteiger partial charge in [0.2, 0.25) is 0 Å². The summed E-state index contributed by atoms with van der Waals surface area (Å²) in [6, 6.07) is 19.9. The highest BCUT2D eigenvalue weighted by Crippen LogP contribution is 2.33. The number of hydrogen-bond acceptors (Lipinski definition) is 3. The van der Waals surface area contributed by atoms with Crippen LogP contribution >= 0.6 is 23.2 Å². The zero-order valence-electron chi connectivity index (χ0n) is 17.1. The number of halogens is 2. The zero-order chi connectivity index (χ0) is 22.1. The number of nitrogens with zero attached hydrogens (tertiary/aromatic N) is 1. The SMILES string of the molecule is Cc1ccc(NC2=C(c3ccc(Cl)cc3)C(=O)N(Cc3ccccc3Cl)C2=O)cc1C. The van der Waals surface area contributed by atoms with Crippen molar-refractivity contribution in [2.75, 3.05) is 5.32 Å². The van der Waals surface area contributed by atoms with Crippen LogP contribution in [0.25, 0.3) is 5.57 Å². The van der Waals surface area contributed by atoms with Crippen LogP contribution in [0.4, 0.5) is 5.69 Å². The highest BCUT2D eigenvalue weighted by molar-refractivity contribution is 6.37. The van der Waals surface area contributed by atoms with Gasteiger partial charge in [-0.3, -0.25) is 14.5 Å². The second kappa shape index (κ2) is 8.58. The lowest BCUT2D eigenvalue weighted by Gasteiger charge is -2.16. The molecule has 0 aromatic heterocycles. The zero-order valence-corrected chi connectivity index (χ0v) is 18.6. The van der Waals surface area contributed by atoms with Gasteiger partial charge in [0.1, 0.15) is 5.70 Å². The third-order valence-electron chi connectivity index (χ3n) is 5.36. The van der Waals surface area contributed by atoms with E-state index >= 15 is 0 Å². The maximum atomic E-state index is 13.4. The summed E-state index contributed by atoms with van der Waals surface area (Å²) in [5, 5.41) is 4.24. The Balaban J connectivity index is 1.76. The summed E-state index contributed by atoms with van der Waals surface area (Å²) in [4.78, 5) is 27.9. The Morgan fingerprint density at radius 1 is 0.839 bits per heavy atom. The molecule has 0 bridgehead atoms. The van der Waals surface area contributed by atoms with E-state index in [2.05, 4.69) is 5.32 Å². The van der Waals surface area contributed by atoms with E-state index in [1.165, 1.54) is 4.90 Å². The minimum atomic E-state index is -0.395. The number of hydrogen-bond donors (Lipinski definition) is 1. The first kappa shape index (κ1) is 21.2. The molecule has 1 aliphatic heterocycles. The number of imide groups is 1. The summed E-state index contributed by atoms with van der Waals surface area (Å²) in [6.45, 7) is 4.11. The lowest BCUT2D eigenvalue weighted by Crippen LogP contribution is -2.32. The lowest BCUT2D eigenvalue weighted by molar-refractivity contribution is -0.137. The third-order valence-corrected chi connectivity index (χ3v) is 5.98. The van der Waals surface area contributed by atoms with Gasteiger partial charge in [-0.1, -0.05) is 59.6 Å². The van der Waals surface area contributed by atoms with Gasteiger partial charge in [-0.25, -0.2) is 0 Å². The number of carbonyl (C=O) groups is 2. The highest BCUT2D eigenvalue weighted by atomic mass is 35.5. The lowest BCUT2D eigenvalue weighted by atomic mass is 10.0. The van der Waals surface area contributed by atoms with E-state index in [9.17, 15) is 9.59 Å². The maximum absolute atomic E-state index is 13.4. The number of benzene rings is 3. The average Bonchev–Trinajstić information content (AvgIpc) is 2.97. The van der Waals surface area contributed by atoms with Gasteiger partial charge < -0.3 is 5.32 Å². The molecule has 3 aromatic rings. The van der Waals surface area contributed by atoms with Crippen molar-refractivity contribution in [3.63, 3.8) is 0 Å². The van der Waals surface area contributed by atoms with Crippen LogP contribution in [0.5, 0.6) is 0 Å². The molecule has 0 saturated carbocycles. The molecule has 1 N–H and O–H groups in total. The first-order valence-electron chi connectivity index (χ1n) is 9.79. The normalized spacial score (nSPS) is 13.9. The van der Waals surface area contributed by atoms with Gasteiger partial charge in [-0.2, -0.15) is 0 Å². The maximum Gasteiger partial charge on any atom is 0.278 e. The quantitative estimate of drug-likeness (QED) is 0.484. The van der Waals surface area contributed by atoms with Crippen molar-refractivity contribution >= 4 is 46.3 Å². The molecule has 6 heteroatoms. The fourth-order valence-corrected chi connectivity index (χ4v) is 3.80. The van der Waals surface area contributed by atoms with Gasteiger partial charge in [0.05, 0.1) is 12.1 Å². The summed E-state index contributed by atoms with van der Waals surface area (Å²) in [5.41, 5.74) is 4.85. The summed E-state index contributed by atoms with van der Waals surface area (Å²) in [7, 11) is 0. The number of carbonyl (C=O) groups excluding carboxylic acids is 2. The largest absolute Gasteiger partial charge is 0.350 e. The fourth-order valence-electron chi connectivity index (χ4n) is 3.48. The summed E-state index contributed by atoms with van der Waals surface area (Å²) in [6.07, 6.45) is 0. The van der Waals surface area contributed by atoms with Crippen LogP contribution in [-0.4, -0.2) is 16.7 Å². The number of nitrogens with one attached hydrogen (secondary N) is 1. The standard InChI is InChI=1S/C25H20Cl2N2O2/c1-15-7-12-20(13-16(15)2)28-23-22(17-8-10-19(26)11-9-17)24(30)29(25(23)31)14-18-5-3-4-6-21(18)27/h3-13,28H,14H2,1-2H3. The van der Waals surface area contributed by atoms with Crippen molar-refractivity contribution in [2.45, 2.75) is 20.4 Å². The van der Waals surface area contributed by atoms with Crippen LogP contribution in [0.3, 0.4) is 0 Å². The molecule has 4 rings (SSSR count). The van der Waals surface area contributed by atoms with Crippen LogP contribution in [0.15, 0.2) is 72.4 Å². The number of anilines is 1. The van der Waals surface area contributed by atoms with Gasteiger partial charge in [0.15, 0.2) is 0 Å². The number of amides is 2. The van der Waals surface area contributed by atoms with Crippen molar-refractivity contribution in [3.8, 4) is 0 Å². The molecule has 2 amide bonds. The Bertz CT molecular complexity index is 1220. The molecule has 0 spiro atoms. The van der Waals surface area contributed by atoms with E-state index in [1.807, 2.05) is 44.2 Å². The van der Waals surface area contributed by atoms with Gasteiger partial charge in [-0.15, -0.1) is 0 Å². The minimum Gasteiger partial charge on any atom is -0.350 e. The van der Waals surface area contributed by atoms with Crippen LogP contribution in [0, 0.1) is 13.8 Å². The second-order valence-corrected chi connectivity index (χ2v) is 8.31. The van der Waals surface area contributed by atoms with Gasteiger partial charge in [0.25, 0.3) is 11.8 Å². The first-order chi connectivity index (χ1) is 14.8. The Labute approximate surface area is 191 Å². The minimum absolute atomic E-state index is 0.0898. The monoisotopic (exact) mass is 450 g/mol. The molecular formula is C25H20Cl2N2O2. The van der Waals surface area contributed by atoms with E-state index in [-0.39, 0.29) is 18.1 Å². The molecule has 1 aliphatic rings. The summed E-state index contributed by atoms with van der Waals surface area (Å²) >= 11 is 12.3. The van der Waals surface area contributed by atoms with Crippen LogP contribution in [0.1, 0.15) is 22.3 Å². The number of aryl methyl sites for hydroxylation is 2. The molecule has 0 fully saturated rings. The molecule has 0 unspecified atom stereocenters. The molecule has 0 radical (unpaired) electrons. The summed E-state index contributed by atoms with van der Waals surface area (Å²) in [5.74, 6) is -0.772. The molecular weight excluding hydrogens is 431 g/mol.